The molecule has 1 aromatic carbocycles. The van der Waals surface area contributed by atoms with Gasteiger partial charge in [0.1, 0.15) is 17.4 Å². The predicted molar refractivity (Wildman–Crippen MR) is 72.9 cm³/mol. The van der Waals surface area contributed by atoms with Gasteiger partial charge in [0.15, 0.2) is 0 Å². The van der Waals surface area contributed by atoms with Crippen LogP contribution in [0.5, 0.6) is 5.75 Å². The molecule has 0 bridgehead atoms. The first kappa shape index (κ1) is 13.2. The summed E-state index contributed by atoms with van der Waals surface area (Å²) in [5.74, 6) is 1.41. The molecule has 0 heterocycles. The fourth-order valence-electron chi connectivity index (χ4n) is 2.54. The van der Waals surface area contributed by atoms with Crippen molar-refractivity contribution in [1.29, 1.82) is 5.26 Å². The van der Waals surface area contributed by atoms with Crippen molar-refractivity contribution >= 4 is 11.6 Å². The highest BCUT2D eigenvalue weighted by Crippen LogP contribution is 2.28. The molecule has 1 aliphatic rings. The van der Waals surface area contributed by atoms with Crippen molar-refractivity contribution in [1.82, 2.24) is 0 Å². The van der Waals surface area contributed by atoms with E-state index in [-0.39, 0.29) is 0 Å². The predicted octanol–water partition coefficient (Wildman–Crippen LogP) is 4.56. The molecule has 2 rings (SSSR count). The van der Waals surface area contributed by atoms with Crippen LogP contribution in [0.4, 0.5) is 0 Å². The molecule has 18 heavy (non-hydrogen) atoms. The highest BCUT2D eigenvalue weighted by atomic mass is 35.5. The van der Waals surface area contributed by atoms with Gasteiger partial charge in [0.25, 0.3) is 0 Å². The molecule has 96 valence electrons. The Bertz CT molecular complexity index is 433. The summed E-state index contributed by atoms with van der Waals surface area (Å²) in [7, 11) is 0. The number of hydrogen-bond donors (Lipinski definition) is 0. The Labute approximate surface area is 114 Å². The van der Waals surface area contributed by atoms with Crippen LogP contribution in [0, 0.1) is 17.2 Å². The van der Waals surface area contributed by atoms with Crippen molar-refractivity contribution in [3.63, 3.8) is 0 Å². The van der Waals surface area contributed by atoms with E-state index in [1.165, 1.54) is 32.1 Å². The topological polar surface area (TPSA) is 33.0 Å². The van der Waals surface area contributed by atoms with Gasteiger partial charge in [-0.3, -0.25) is 0 Å². The zero-order valence-electron chi connectivity index (χ0n) is 10.5. The zero-order valence-corrected chi connectivity index (χ0v) is 11.2. The van der Waals surface area contributed by atoms with Crippen LogP contribution in [0.25, 0.3) is 0 Å². The Kier molecular flexibility index (Phi) is 4.90. The Balaban J connectivity index is 1.86. The molecule has 3 heteroatoms. The summed E-state index contributed by atoms with van der Waals surface area (Å²) in [6.07, 6.45) is 7.81. The summed E-state index contributed by atoms with van der Waals surface area (Å²) in [6, 6.07) is 7.44. The SMILES string of the molecule is N#Cc1c(Cl)cccc1OCCC1CCCCC1. The van der Waals surface area contributed by atoms with E-state index in [9.17, 15) is 0 Å². The van der Waals surface area contributed by atoms with Crippen molar-refractivity contribution in [2.24, 2.45) is 5.92 Å². The van der Waals surface area contributed by atoms with E-state index in [4.69, 9.17) is 21.6 Å². The fourth-order valence-corrected chi connectivity index (χ4v) is 2.75. The molecule has 0 spiro atoms. The van der Waals surface area contributed by atoms with Gasteiger partial charge in [0, 0.05) is 0 Å². The van der Waals surface area contributed by atoms with Crippen LogP contribution in [0.1, 0.15) is 44.1 Å². The minimum absolute atomic E-state index is 0.447. The van der Waals surface area contributed by atoms with E-state index >= 15 is 0 Å². The molecule has 0 N–H and O–H groups in total. The lowest BCUT2D eigenvalue weighted by atomic mass is 9.87. The van der Waals surface area contributed by atoms with E-state index in [1.807, 2.05) is 12.1 Å². The average Bonchev–Trinajstić information content (AvgIpc) is 2.40. The van der Waals surface area contributed by atoms with Crippen molar-refractivity contribution < 1.29 is 4.74 Å². The molecule has 0 aliphatic heterocycles. The molecule has 0 atom stereocenters. The second-order valence-corrected chi connectivity index (χ2v) is 5.27. The Hall–Kier alpha value is -1.20. The van der Waals surface area contributed by atoms with Gasteiger partial charge in [0.05, 0.1) is 11.6 Å². The number of nitrogens with zero attached hydrogens (tertiary/aromatic N) is 1. The molecule has 0 radical (unpaired) electrons. The zero-order chi connectivity index (χ0) is 12.8. The van der Waals surface area contributed by atoms with Gasteiger partial charge in [0.2, 0.25) is 0 Å². The minimum atomic E-state index is 0.447. The summed E-state index contributed by atoms with van der Waals surface area (Å²) in [5, 5.41) is 9.50. The summed E-state index contributed by atoms with van der Waals surface area (Å²) in [4.78, 5) is 0. The first-order chi connectivity index (χ1) is 8.81. The largest absolute Gasteiger partial charge is 0.492 e. The normalized spacial score (nSPS) is 16.2. The Morgan fingerprint density at radius 3 is 2.78 bits per heavy atom. The van der Waals surface area contributed by atoms with Crippen LogP contribution in [0.3, 0.4) is 0 Å². The second-order valence-electron chi connectivity index (χ2n) is 4.87. The number of nitriles is 1. The maximum absolute atomic E-state index is 9.03. The number of ether oxygens (including phenoxy) is 1. The maximum atomic E-state index is 9.03. The van der Waals surface area contributed by atoms with Crippen molar-refractivity contribution in [2.45, 2.75) is 38.5 Å². The smallest absolute Gasteiger partial charge is 0.138 e. The maximum Gasteiger partial charge on any atom is 0.138 e. The van der Waals surface area contributed by atoms with Gasteiger partial charge in [-0.1, -0.05) is 49.8 Å². The van der Waals surface area contributed by atoms with E-state index in [0.717, 1.165) is 12.3 Å². The second kappa shape index (κ2) is 6.66. The fraction of sp³-hybridized carbons (Fsp3) is 0.533. The van der Waals surface area contributed by atoms with E-state index in [0.29, 0.717) is 22.9 Å². The van der Waals surface area contributed by atoms with Crippen molar-refractivity contribution in [3.8, 4) is 11.8 Å². The van der Waals surface area contributed by atoms with Gasteiger partial charge in [-0.15, -0.1) is 0 Å². The van der Waals surface area contributed by atoms with Gasteiger partial charge in [-0.05, 0) is 24.5 Å². The molecule has 1 fully saturated rings. The molecule has 0 unspecified atom stereocenters. The summed E-state index contributed by atoms with van der Waals surface area (Å²) < 4.78 is 5.70. The van der Waals surface area contributed by atoms with Crippen LogP contribution in [-0.2, 0) is 0 Å². The van der Waals surface area contributed by atoms with Crippen molar-refractivity contribution in [3.05, 3.63) is 28.8 Å². The molecule has 0 aromatic heterocycles. The first-order valence-electron chi connectivity index (χ1n) is 6.62. The lowest BCUT2D eigenvalue weighted by Gasteiger charge is -2.21. The lowest BCUT2D eigenvalue weighted by molar-refractivity contribution is 0.246. The first-order valence-corrected chi connectivity index (χ1v) is 7.00. The standard InChI is InChI=1S/C15H18ClNO/c16-14-7-4-8-15(13(14)11-17)18-10-9-12-5-2-1-3-6-12/h4,7-8,12H,1-3,5-6,9-10H2. The summed E-state index contributed by atoms with van der Waals surface area (Å²) in [5.41, 5.74) is 0.447. The highest BCUT2D eigenvalue weighted by Gasteiger charge is 2.14. The van der Waals surface area contributed by atoms with Crippen LogP contribution >= 0.6 is 11.6 Å². The lowest BCUT2D eigenvalue weighted by Crippen LogP contribution is -2.11. The number of benzene rings is 1. The van der Waals surface area contributed by atoms with Gasteiger partial charge in [-0.25, -0.2) is 0 Å². The minimum Gasteiger partial charge on any atom is -0.492 e. The third-order valence-electron chi connectivity index (χ3n) is 3.60. The third-order valence-corrected chi connectivity index (χ3v) is 3.91. The number of halogens is 1. The molecule has 1 aliphatic carbocycles. The van der Waals surface area contributed by atoms with Crippen LogP contribution in [0.15, 0.2) is 18.2 Å². The quantitative estimate of drug-likeness (QED) is 0.798. The van der Waals surface area contributed by atoms with Crippen molar-refractivity contribution in [2.75, 3.05) is 6.61 Å². The van der Waals surface area contributed by atoms with E-state index < -0.39 is 0 Å². The summed E-state index contributed by atoms with van der Waals surface area (Å²) in [6.45, 7) is 0.680. The van der Waals surface area contributed by atoms with E-state index in [1.54, 1.807) is 6.07 Å². The van der Waals surface area contributed by atoms with Crippen LogP contribution in [0.2, 0.25) is 5.02 Å². The number of rotatable bonds is 4. The van der Waals surface area contributed by atoms with Crippen LogP contribution in [-0.4, -0.2) is 6.61 Å². The molecule has 1 saturated carbocycles. The van der Waals surface area contributed by atoms with Gasteiger partial charge < -0.3 is 4.74 Å². The molecule has 1 aromatic rings. The third kappa shape index (κ3) is 3.40. The van der Waals surface area contributed by atoms with Gasteiger partial charge >= 0.3 is 0 Å². The number of hydrogen-bond acceptors (Lipinski definition) is 2. The van der Waals surface area contributed by atoms with Gasteiger partial charge in [-0.2, -0.15) is 5.26 Å². The molecule has 0 saturated heterocycles. The van der Waals surface area contributed by atoms with Crippen LogP contribution < -0.4 is 4.74 Å². The Morgan fingerprint density at radius 2 is 2.06 bits per heavy atom. The highest BCUT2D eigenvalue weighted by molar-refractivity contribution is 6.31. The molecule has 2 nitrogen and oxygen atoms in total. The Morgan fingerprint density at radius 1 is 1.28 bits per heavy atom. The summed E-state index contributed by atoms with van der Waals surface area (Å²) >= 11 is 5.95. The molecule has 0 amide bonds. The molecular weight excluding hydrogens is 246 g/mol. The molecular formula is C15H18ClNO. The van der Waals surface area contributed by atoms with E-state index in [2.05, 4.69) is 6.07 Å². The monoisotopic (exact) mass is 263 g/mol. The average molecular weight is 264 g/mol.